The molecule has 0 amide bonds. The van der Waals surface area contributed by atoms with Crippen LogP contribution >= 0.6 is 12.2 Å². The highest BCUT2D eigenvalue weighted by atomic mass is 32.1. The van der Waals surface area contributed by atoms with Crippen LogP contribution in [0.2, 0.25) is 0 Å². The van der Waals surface area contributed by atoms with Crippen molar-refractivity contribution in [3.63, 3.8) is 0 Å². The summed E-state index contributed by atoms with van der Waals surface area (Å²) in [7, 11) is 0. The Kier molecular flexibility index (Phi) is 8.23. The molecule has 0 aromatic heterocycles. The Balaban J connectivity index is 2.04. The molecule has 0 atom stereocenters. The SMILES string of the molecule is CCNC(=S)NN=Cc1ccc(OCc2ccc(C(=O)O)cc2)c(OCC)c1. The Hall–Kier alpha value is -3.13. The van der Waals surface area contributed by atoms with Crippen molar-refractivity contribution in [3.05, 3.63) is 59.2 Å². The van der Waals surface area contributed by atoms with E-state index in [1.807, 2.05) is 26.0 Å². The maximum Gasteiger partial charge on any atom is 0.335 e. The van der Waals surface area contributed by atoms with E-state index in [0.29, 0.717) is 29.8 Å². The number of aromatic carboxylic acids is 1. The summed E-state index contributed by atoms with van der Waals surface area (Å²) in [5, 5.41) is 16.4. The fourth-order valence-electron chi connectivity index (χ4n) is 2.26. The molecular weight excluding hydrogens is 378 g/mol. The van der Waals surface area contributed by atoms with Gasteiger partial charge in [0.25, 0.3) is 0 Å². The van der Waals surface area contributed by atoms with Crippen LogP contribution < -0.4 is 20.2 Å². The average Bonchev–Trinajstić information content (AvgIpc) is 2.68. The lowest BCUT2D eigenvalue weighted by Gasteiger charge is -2.13. The largest absolute Gasteiger partial charge is 0.490 e. The fourth-order valence-corrected chi connectivity index (χ4v) is 2.46. The smallest absolute Gasteiger partial charge is 0.335 e. The summed E-state index contributed by atoms with van der Waals surface area (Å²) in [4.78, 5) is 10.9. The minimum absolute atomic E-state index is 0.240. The molecule has 0 spiro atoms. The number of thiocarbonyl (C=S) groups is 1. The van der Waals surface area contributed by atoms with Crippen molar-refractivity contribution in [3.8, 4) is 11.5 Å². The van der Waals surface area contributed by atoms with Gasteiger partial charge in [0.15, 0.2) is 16.6 Å². The summed E-state index contributed by atoms with van der Waals surface area (Å²) in [6.45, 7) is 5.36. The van der Waals surface area contributed by atoms with Crippen LogP contribution in [0.4, 0.5) is 0 Å². The Morgan fingerprint density at radius 2 is 1.89 bits per heavy atom. The van der Waals surface area contributed by atoms with Gasteiger partial charge in [0, 0.05) is 6.54 Å². The van der Waals surface area contributed by atoms with Gasteiger partial charge in [0.2, 0.25) is 0 Å². The van der Waals surface area contributed by atoms with Crippen LogP contribution in [0.1, 0.15) is 35.3 Å². The van der Waals surface area contributed by atoms with Crippen LogP contribution in [0.3, 0.4) is 0 Å². The van der Waals surface area contributed by atoms with E-state index in [2.05, 4.69) is 15.8 Å². The Bertz CT molecular complexity index is 838. The lowest BCUT2D eigenvalue weighted by molar-refractivity contribution is 0.0697. The predicted molar refractivity (Wildman–Crippen MR) is 112 cm³/mol. The van der Waals surface area contributed by atoms with Crippen LogP contribution in [0.15, 0.2) is 47.6 Å². The maximum atomic E-state index is 10.9. The van der Waals surface area contributed by atoms with Gasteiger partial charge in [-0.3, -0.25) is 5.43 Å². The molecule has 2 aromatic carbocycles. The van der Waals surface area contributed by atoms with Crippen LogP contribution in [0.5, 0.6) is 11.5 Å². The van der Waals surface area contributed by atoms with Gasteiger partial charge in [-0.15, -0.1) is 0 Å². The first-order valence-corrected chi connectivity index (χ1v) is 9.23. The molecule has 0 saturated carbocycles. The van der Waals surface area contributed by atoms with Gasteiger partial charge in [-0.2, -0.15) is 5.10 Å². The van der Waals surface area contributed by atoms with Crippen molar-refractivity contribution in [2.24, 2.45) is 5.10 Å². The van der Waals surface area contributed by atoms with Gasteiger partial charge in [-0.1, -0.05) is 12.1 Å². The highest BCUT2D eigenvalue weighted by Gasteiger charge is 2.07. The van der Waals surface area contributed by atoms with Gasteiger partial charge in [-0.05, 0) is 67.5 Å². The molecule has 2 aromatic rings. The summed E-state index contributed by atoms with van der Waals surface area (Å²) >= 11 is 5.05. The number of ether oxygens (including phenoxy) is 2. The molecule has 0 heterocycles. The molecular formula is C20H23N3O4S. The normalized spacial score (nSPS) is 10.5. The number of benzene rings is 2. The lowest BCUT2D eigenvalue weighted by atomic mass is 10.1. The van der Waals surface area contributed by atoms with Crippen LogP contribution in [-0.4, -0.2) is 35.6 Å². The van der Waals surface area contributed by atoms with Crippen molar-refractivity contribution in [1.29, 1.82) is 0 Å². The summed E-state index contributed by atoms with van der Waals surface area (Å²) < 4.78 is 11.5. The zero-order chi connectivity index (χ0) is 20.4. The molecule has 28 heavy (non-hydrogen) atoms. The Labute approximate surface area is 169 Å². The predicted octanol–water partition coefficient (Wildman–Crippen LogP) is 3.18. The highest BCUT2D eigenvalue weighted by Crippen LogP contribution is 2.29. The molecule has 0 fully saturated rings. The lowest BCUT2D eigenvalue weighted by Crippen LogP contribution is -2.31. The minimum atomic E-state index is -0.955. The number of nitrogens with one attached hydrogen (secondary N) is 2. The Morgan fingerprint density at radius 1 is 1.14 bits per heavy atom. The van der Waals surface area contributed by atoms with Crippen molar-refractivity contribution in [2.45, 2.75) is 20.5 Å². The van der Waals surface area contributed by atoms with E-state index in [1.165, 1.54) is 0 Å². The van der Waals surface area contributed by atoms with Crippen molar-refractivity contribution >= 4 is 29.5 Å². The van der Waals surface area contributed by atoms with Crippen molar-refractivity contribution in [2.75, 3.05) is 13.2 Å². The number of carbonyl (C=O) groups is 1. The van der Waals surface area contributed by atoms with Crippen LogP contribution in [0, 0.1) is 0 Å². The van der Waals surface area contributed by atoms with E-state index in [0.717, 1.165) is 17.7 Å². The van der Waals surface area contributed by atoms with E-state index in [9.17, 15) is 4.79 Å². The van der Waals surface area contributed by atoms with E-state index in [1.54, 1.807) is 36.5 Å². The minimum Gasteiger partial charge on any atom is -0.490 e. The monoisotopic (exact) mass is 401 g/mol. The number of nitrogens with zero attached hydrogens (tertiary/aromatic N) is 1. The first-order chi connectivity index (χ1) is 13.5. The number of carboxylic acid groups (broad SMARTS) is 1. The molecule has 7 nitrogen and oxygen atoms in total. The number of hydrogen-bond donors (Lipinski definition) is 3. The molecule has 0 aliphatic heterocycles. The van der Waals surface area contributed by atoms with Crippen LogP contribution in [-0.2, 0) is 6.61 Å². The van der Waals surface area contributed by atoms with Crippen LogP contribution in [0.25, 0.3) is 0 Å². The molecule has 8 heteroatoms. The second-order valence-electron chi connectivity index (χ2n) is 5.66. The summed E-state index contributed by atoms with van der Waals surface area (Å²) in [6, 6.07) is 12.0. The topological polar surface area (TPSA) is 92.2 Å². The van der Waals surface area contributed by atoms with E-state index in [4.69, 9.17) is 26.8 Å². The standard InChI is InChI=1S/C20H23N3O4S/c1-3-21-20(28)23-22-12-15-7-10-17(18(11-15)26-4-2)27-13-14-5-8-16(9-6-14)19(24)25/h5-12H,3-4,13H2,1-2H3,(H,24,25)(H2,21,23,28). The van der Waals surface area contributed by atoms with Gasteiger partial charge in [-0.25, -0.2) is 4.79 Å². The highest BCUT2D eigenvalue weighted by molar-refractivity contribution is 7.80. The number of hydrogen-bond acceptors (Lipinski definition) is 5. The summed E-state index contributed by atoms with van der Waals surface area (Å²) in [5.41, 5.74) is 4.66. The fraction of sp³-hybridized carbons (Fsp3) is 0.250. The van der Waals surface area contributed by atoms with Crippen molar-refractivity contribution < 1.29 is 19.4 Å². The second-order valence-corrected chi connectivity index (χ2v) is 6.07. The molecule has 0 radical (unpaired) electrons. The number of carboxylic acids is 1. The molecule has 0 aliphatic rings. The third-order valence-corrected chi connectivity index (χ3v) is 3.82. The molecule has 3 N–H and O–H groups in total. The quantitative estimate of drug-likeness (QED) is 0.338. The van der Waals surface area contributed by atoms with Crippen molar-refractivity contribution in [1.82, 2.24) is 10.7 Å². The van der Waals surface area contributed by atoms with Gasteiger partial charge >= 0.3 is 5.97 Å². The molecule has 0 aliphatic carbocycles. The van der Waals surface area contributed by atoms with E-state index in [-0.39, 0.29) is 5.56 Å². The van der Waals surface area contributed by atoms with Gasteiger partial charge < -0.3 is 19.9 Å². The molecule has 148 valence electrons. The van der Waals surface area contributed by atoms with E-state index < -0.39 is 5.97 Å². The number of rotatable bonds is 9. The molecule has 0 unspecified atom stereocenters. The first-order valence-electron chi connectivity index (χ1n) is 8.82. The third-order valence-electron chi connectivity index (χ3n) is 3.58. The average molecular weight is 401 g/mol. The maximum absolute atomic E-state index is 10.9. The zero-order valence-electron chi connectivity index (χ0n) is 15.8. The van der Waals surface area contributed by atoms with E-state index >= 15 is 0 Å². The third kappa shape index (κ3) is 6.55. The number of hydrazone groups is 1. The zero-order valence-corrected chi connectivity index (χ0v) is 16.6. The second kappa shape index (κ2) is 10.9. The molecule has 2 rings (SSSR count). The first kappa shape index (κ1) is 21.2. The Morgan fingerprint density at radius 3 is 2.54 bits per heavy atom. The summed E-state index contributed by atoms with van der Waals surface area (Å²) in [5.74, 6) is 0.240. The molecule has 0 saturated heterocycles. The van der Waals surface area contributed by atoms with Gasteiger partial charge in [0.05, 0.1) is 18.4 Å². The molecule has 0 bridgehead atoms. The van der Waals surface area contributed by atoms with Gasteiger partial charge in [0.1, 0.15) is 6.61 Å². The summed E-state index contributed by atoms with van der Waals surface area (Å²) in [6.07, 6.45) is 1.64.